The minimum atomic E-state index is 0.0209. The molecule has 3 heterocycles. The number of piperazine rings is 1. The van der Waals surface area contributed by atoms with E-state index in [1.807, 2.05) is 41.9 Å². The molecule has 1 aliphatic rings. The fourth-order valence-electron chi connectivity index (χ4n) is 4.65. The molecule has 4 rings (SSSR count). The Bertz CT molecular complexity index is 1090. The number of nitrogens with one attached hydrogen (secondary N) is 1. The number of nitrogens with zero attached hydrogens (tertiary/aromatic N) is 5. The first-order valence-electron chi connectivity index (χ1n) is 11.7. The zero-order valence-corrected chi connectivity index (χ0v) is 20.1. The van der Waals surface area contributed by atoms with Gasteiger partial charge in [-0.15, -0.1) is 0 Å². The van der Waals surface area contributed by atoms with Crippen molar-refractivity contribution in [2.24, 2.45) is 7.05 Å². The van der Waals surface area contributed by atoms with E-state index in [1.165, 1.54) is 16.8 Å². The Balaban J connectivity index is 1.43. The van der Waals surface area contributed by atoms with Crippen molar-refractivity contribution >= 4 is 11.7 Å². The van der Waals surface area contributed by atoms with Gasteiger partial charge in [0.1, 0.15) is 5.82 Å². The first-order valence-corrected chi connectivity index (χ1v) is 11.7. The topological polar surface area (TPSA) is 66.3 Å². The SMILES string of the molecule is Cc1nn(C)c(C)c1CCCN(C)C(=O)c1cccnc1N1CCNC(c2ccccc2)C1. The number of aromatic nitrogens is 3. The van der Waals surface area contributed by atoms with Gasteiger partial charge in [-0.05, 0) is 49.9 Å². The van der Waals surface area contributed by atoms with Crippen LogP contribution in [0.2, 0.25) is 0 Å². The Morgan fingerprint density at radius 1 is 1.18 bits per heavy atom. The maximum absolute atomic E-state index is 13.4. The summed E-state index contributed by atoms with van der Waals surface area (Å²) in [6, 6.07) is 14.4. The third-order valence-corrected chi connectivity index (χ3v) is 6.62. The van der Waals surface area contributed by atoms with E-state index in [4.69, 9.17) is 0 Å². The summed E-state index contributed by atoms with van der Waals surface area (Å²) in [7, 11) is 3.86. The number of hydrogen-bond donors (Lipinski definition) is 1. The molecule has 3 aromatic rings. The third kappa shape index (κ3) is 5.09. The molecule has 1 N–H and O–H groups in total. The van der Waals surface area contributed by atoms with Crippen LogP contribution in [0.15, 0.2) is 48.7 Å². The molecular weight excluding hydrogens is 412 g/mol. The minimum absolute atomic E-state index is 0.0209. The molecule has 0 radical (unpaired) electrons. The summed E-state index contributed by atoms with van der Waals surface area (Å²) in [5.74, 6) is 0.795. The van der Waals surface area contributed by atoms with Gasteiger partial charge in [-0.25, -0.2) is 4.98 Å². The molecule has 1 unspecified atom stereocenters. The Kier molecular flexibility index (Phi) is 7.08. The number of benzene rings is 1. The normalized spacial score (nSPS) is 16.1. The second-order valence-corrected chi connectivity index (χ2v) is 8.84. The van der Waals surface area contributed by atoms with E-state index < -0.39 is 0 Å². The van der Waals surface area contributed by atoms with E-state index in [-0.39, 0.29) is 11.9 Å². The Morgan fingerprint density at radius 2 is 1.97 bits per heavy atom. The van der Waals surface area contributed by atoms with Gasteiger partial charge in [-0.2, -0.15) is 5.10 Å². The Hall–Kier alpha value is -3.19. The van der Waals surface area contributed by atoms with E-state index in [0.29, 0.717) is 12.1 Å². The van der Waals surface area contributed by atoms with Crippen LogP contribution >= 0.6 is 0 Å². The monoisotopic (exact) mass is 446 g/mol. The van der Waals surface area contributed by atoms with Crippen LogP contribution in [0.4, 0.5) is 5.82 Å². The van der Waals surface area contributed by atoms with E-state index in [1.54, 1.807) is 6.20 Å². The Morgan fingerprint density at radius 3 is 2.70 bits per heavy atom. The van der Waals surface area contributed by atoms with Crippen LogP contribution in [0, 0.1) is 13.8 Å². The van der Waals surface area contributed by atoms with Crippen molar-refractivity contribution in [1.29, 1.82) is 0 Å². The van der Waals surface area contributed by atoms with Crippen LogP contribution in [0.5, 0.6) is 0 Å². The van der Waals surface area contributed by atoms with Gasteiger partial charge in [0.05, 0.1) is 11.3 Å². The van der Waals surface area contributed by atoms with E-state index >= 15 is 0 Å². The van der Waals surface area contributed by atoms with Crippen LogP contribution < -0.4 is 10.2 Å². The predicted molar refractivity (Wildman–Crippen MR) is 132 cm³/mol. The highest BCUT2D eigenvalue weighted by Gasteiger charge is 2.26. The first-order chi connectivity index (χ1) is 16.0. The summed E-state index contributed by atoms with van der Waals surface area (Å²) in [6.45, 7) is 7.30. The molecule has 1 fully saturated rings. The van der Waals surface area contributed by atoms with Gasteiger partial charge in [0.25, 0.3) is 5.91 Å². The van der Waals surface area contributed by atoms with Crippen molar-refractivity contribution < 1.29 is 4.79 Å². The highest BCUT2D eigenvalue weighted by atomic mass is 16.2. The fraction of sp³-hybridized carbons (Fsp3) is 0.423. The smallest absolute Gasteiger partial charge is 0.257 e. The van der Waals surface area contributed by atoms with Gasteiger partial charge in [-0.3, -0.25) is 9.48 Å². The van der Waals surface area contributed by atoms with Crippen LogP contribution in [0.1, 0.15) is 45.3 Å². The maximum atomic E-state index is 13.4. The highest BCUT2D eigenvalue weighted by Crippen LogP contribution is 2.25. The molecule has 33 heavy (non-hydrogen) atoms. The lowest BCUT2D eigenvalue weighted by Crippen LogP contribution is -2.47. The third-order valence-electron chi connectivity index (χ3n) is 6.62. The summed E-state index contributed by atoms with van der Waals surface area (Å²) >= 11 is 0. The number of carbonyl (C=O) groups is 1. The maximum Gasteiger partial charge on any atom is 0.257 e. The molecule has 7 heteroatoms. The van der Waals surface area contributed by atoms with Gasteiger partial charge in [0.15, 0.2) is 0 Å². The number of aryl methyl sites for hydroxylation is 2. The molecule has 1 amide bonds. The standard InChI is InChI=1S/C26H34N6O/c1-19-22(20(2)31(4)29-19)13-9-16-30(3)26(33)23-12-8-14-28-25(23)32-17-15-27-24(18-32)21-10-6-5-7-11-21/h5-8,10-12,14,24,27H,9,13,15-18H2,1-4H3. The van der Waals surface area contributed by atoms with Gasteiger partial charge in [0, 0.05) is 58.2 Å². The zero-order valence-electron chi connectivity index (χ0n) is 20.1. The molecule has 0 bridgehead atoms. The second-order valence-electron chi connectivity index (χ2n) is 8.84. The van der Waals surface area contributed by atoms with Crippen molar-refractivity contribution in [3.05, 3.63) is 76.7 Å². The molecule has 1 aromatic carbocycles. The number of carbonyl (C=O) groups excluding carboxylic acids is 1. The summed E-state index contributed by atoms with van der Waals surface area (Å²) < 4.78 is 1.93. The lowest BCUT2D eigenvalue weighted by Gasteiger charge is -2.35. The molecule has 0 spiro atoms. The largest absolute Gasteiger partial charge is 0.353 e. The molecule has 0 aliphatic carbocycles. The zero-order chi connectivity index (χ0) is 23.4. The first kappa shape index (κ1) is 23.0. The van der Waals surface area contributed by atoms with Gasteiger partial charge in [-0.1, -0.05) is 30.3 Å². The number of hydrogen-bond acceptors (Lipinski definition) is 5. The van der Waals surface area contributed by atoms with Crippen molar-refractivity contribution in [2.75, 3.05) is 38.1 Å². The number of anilines is 1. The molecule has 1 aliphatic heterocycles. The van der Waals surface area contributed by atoms with Gasteiger partial charge >= 0.3 is 0 Å². The lowest BCUT2D eigenvalue weighted by molar-refractivity contribution is 0.0793. The summed E-state index contributed by atoms with van der Waals surface area (Å²) in [4.78, 5) is 22.0. The number of amides is 1. The summed E-state index contributed by atoms with van der Waals surface area (Å²) in [5, 5.41) is 8.09. The summed E-state index contributed by atoms with van der Waals surface area (Å²) in [5.41, 5.74) is 5.48. The van der Waals surface area contributed by atoms with Crippen molar-refractivity contribution in [3.8, 4) is 0 Å². The van der Waals surface area contributed by atoms with Gasteiger partial charge < -0.3 is 15.1 Å². The molecular formula is C26H34N6O. The predicted octanol–water partition coefficient (Wildman–Crippen LogP) is 3.29. The Labute approximate surface area is 196 Å². The molecule has 174 valence electrons. The molecule has 1 saturated heterocycles. The molecule has 7 nitrogen and oxygen atoms in total. The van der Waals surface area contributed by atoms with Crippen molar-refractivity contribution in [2.45, 2.75) is 32.7 Å². The van der Waals surface area contributed by atoms with Crippen molar-refractivity contribution in [1.82, 2.24) is 25.0 Å². The number of pyridine rings is 1. The molecule has 2 aromatic heterocycles. The van der Waals surface area contributed by atoms with Crippen LogP contribution in [0.3, 0.4) is 0 Å². The number of rotatable bonds is 7. The molecule has 0 saturated carbocycles. The minimum Gasteiger partial charge on any atom is -0.353 e. The van der Waals surface area contributed by atoms with Gasteiger partial charge in [0.2, 0.25) is 0 Å². The molecule has 1 atom stereocenters. The van der Waals surface area contributed by atoms with E-state index in [2.05, 4.69) is 58.4 Å². The van der Waals surface area contributed by atoms with Crippen LogP contribution in [-0.2, 0) is 13.5 Å². The average molecular weight is 447 g/mol. The summed E-state index contributed by atoms with van der Waals surface area (Å²) in [6.07, 6.45) is 3.59. The highest BCUT2D eigenvalue weighted by molar-refractivity contribution is 5.98. The quantitative estimate of drug-likeness (QED) is 0.603. The van der Waals surface area contributed by atoms with E-state index in [9.17, 15) is 4.79 Å². The van der Waals surface area contributed by atoms with Crippen LogP contribution in [0.25, 0.3) is 0 Å². The van der Waals surface area contributed by atoms with E-state index in [0.717, 1.165) is 44.0 Å². The fourth-order valence-corrected chi connectivity index (χ4v) is 4.65. The second kappa shape index (κ2) is 10.2. The van der Waals surface area contributed by atoms with Crippen molar-refractivity contribution in [3.63, 3.8) is 0 Å². The van der Waals surface area contributed by atoms with Crippen LogP contribution in [-0.4, -0.2) is 58.8 Å². The lowest BCUT2D eigenvalue weighted by atomic mass is 10.0. The average Bonchev–Trinajstić information content (AvgIpc) is 3.10.